The summed E-state index contributed by atoms with van der Waals surface area (Å²) in [6.07, 6.45) is 1.86. The van der Waals surface area contributed by atoms with E-state index < -0.39 is 9.84 Å². The van der Waals surface area contributed by atoms with Crippen LogP contribution < -0.4 is 10.2 Å². The van der Waals surface area contributed by atoms with Gasteiger partial charge in [0, 0.05) is 30.9 Å². The molecule has 2 rings (SSSR count). The Bertz CT molecular complexity index is 576. The monoisotopic (exact) mass is 311 g/mol. The van der Waals surface area contributed by atoms with Crippen LogP contribution in [0, 0.1) is 0 Å². The van der Waals surface area contributed by atoms with Crippen molar-refractivity contribution in [2.45, 2.75) is 45.8 Å². The van der Waals surface area contributed by atoms with Gasteiger partial charge in [0.1, 0.15) is 5.82 Å². The summed E-state index contributed by atoms with van der Waals surface area (Å²) in [4.78, 5) is 6.56. The third-order valence-corrected chi connectivity index (χ3v) is 5.39. The molecule has 0 aromatic carbocycles. The van der Waals surface area contributed by atoms with E-state index >= 15 is 0 Å². The molecule has 1 saturated heterocycles. The molecule has 1 aliphatic rings. The first-order chi connectivity index (χ1) is 9.66. The van der Waals surface area contributed by atoms with E-state index in [9.17, 15) is 8.42 Å². The van der Waals surface area contributed by atoms with Crippen LogP contribution in [0.25, 0.3) is 0 Å². The summed E-state index contributed by atoms with van der Waals surface area (Å²) in [5.41, 5.74) is 1.21. The lowest BCUT2D eigenvalue weighted by molar-refractivity contribution is 0.424. The topological polar surface area (TPSA) is 62.3 Å². The summed E-state index contributed by atoms with van der Waals surface area (Å²) >= 11 is 0. The van der Waals surface area contributed by atoms with Crippen molar-refractivity contribution in [2.75, 3.05) is 23.0 Å². The quantitative estimate of drug-likeness (QED) is 0.918. The fourth-order valence-corrected chi connectivity index (χ4v) is 3.95. The number of nitrogens with one attached hydrogen (secondary N) is 1. The molecule has 1 N–H and O–H groups in total. The molecular formula is C15H25N3O2S. The SMILES string of the molecule is CC1CS(=O)(=O)CCN1c1ccc(CNC(C)(C)C)cn1. The Balaban J connectivity index is 2.02. The molecule has 1 fully saturated rings. The number of nitrogens with zero attached hydrogens (tertiary/aromatic N) is 2. The smallest absolute Gasteiger partial charge is 0.154 e. The first-order valence-electron chi connectivity index (χ1n) is 7.33. The zero-order valence-corrected chi connectivity index (χ0v) is 14.1. The van der Waals surface area contributed by atoms with E-state index in [-0.39, 0.29) is 23.1 Å². The predicted molar refractivity (Wildman–Crippen MR) is 86.3 cm³/mol. The van der Waals surface area contributed by atoms with Crippen molar-refractivity contribution >= 4 is 15.7 Å². The largest absolute Gasteiger partial charge is 0.352 e. The summed E-state index contributed by atoms with van der Waals surface area (Å²) in [5.74, 6) is 1.28. The molecule has 6 heteroatoms. The average Bonchev–Trinajstić information content (AvgIpc) is 2.35. The second-order valence-corrected chi connectivity index (χ2v) is 9.01. The van der Waals surface area contributed by atoms with Gasteiger partial charge in [0.2, 0.25) is 0 Å². The van der Waals surface area contributed by atoms with Crippen LogP contribution in [0.2, 0.25) is 0 Å². The summed E-state index contributed by atoms with van der Waals surface area (Å²) in [6, 6.07) is 4.01. The van der Waals surface area contributed by atoms with Crippen molar-refractivity contribution in [1.29, 1.82) is 0 Å². The number of anilines is 1. The highest BCUT2D eigenvalue weighted by Gasteiger charge is 2.28. The van der Waals surface area contributed by atoms with Gasteiger partial charge in [0.05, 0.1) is 11.5 Å². The number of hydrogen-bond donors (Lipinski definition) is 1. The van der Waals surface area contributed by atoms with Crippen LogP contribution >= 0.6 is 0 Å². The van der Waals surface area contributed by atoms with Crippen LogP contribution in [-0.4, -0.2) is 43.0 Å². The van der Waals surface area contributed by atoms with Gasteiger partial charge < -0.3 is 10.2 Å². The van der Waals surface area contributed by atoms with E-state index in [4.69, 9.17) is 0 Å². The molecule has 0 bridgehead atoms. The molecule has 1 aliphatic heterocycles. The van der Waals surface area contributed by atoms with Crippen molar-refractivity contribution in [3.05, 3.63) is 23.9 Å². The highest BCUT2D eigenvalue weighted by molar-refractivity contribution is 7.91. The van der Waals surface area contributed by atoms with Crippen LogP contribution in [0.15, 0.2) is 18.3 Å². The number of sulfone groups is 1. The van der Waals surface area contributed by atoms with Crippen LogP contribution in [-0.2, 0) is 16.4 Å². The molecule has 1 unspecified atom stereocenters. The minimum absolute atomic E-state index is 0.0187. The van der Waals surface area contributed by atoms with Crippen LogP contribution in [0.1, 0.15) is 33.3 Å². The molecule has 21 heavy (non-hydrogen) atoms. The molecule has 118 valence electrons. The van der Waals surface area contributed by atoms with Crippen molar-refractivity contribution in [3.8, 4) is 0 Å². The maximum Gasteiger partial charge on any atom is 0.154 e. The van der Waals surface area contributed by atoms with E-state index in [1.165, 1.54) is 0 Å². The lowest BCUT2D eigenvalue weighted by Gasteiger charge is -2.34. The summed E-state index contributed by atoms with van der Waals surface area (Å²) in [6.45, 7) is 9.63. The Morgan fingerprint density at radius 2 is 2.10 bits per heavy atom. The van der Waals surface area contributed by atoms with Gasteiger partial charge in [-0.25, -0.2) is 13.4 Å². The first kappa shape index (κ1) is 16.2. The molecule has 5 nitrogen and oxygen atoms in total. The number of pyridine rings is 1. The average molecular weight is 311 g/mol. The lowest BCUT2D eigenvalue weighted by Crippen LogP contribution is -2.47. The normalized spacial score (nSPS) is 22.3. The molecule has 0 saturated carbocycles. The van der Waals surface area contributed by atoms with Crippen LogP contribution in [0.3, 0.4) is 0 Å². The van der Waals surface area contributed by atoms with Gasteiger partial charge in [-0.05, 0) is 39.3 Å². The minimum atomic E-state index is -2.89. The van der Waals surface area contributed by atoms with Crippen molar-refractivity contribution < 1.29 is 8.42 Å². The van der Waals surface area contributed by atoms with E-state index in [0.29, 0.717) is 6.54 Å². The summed E-state index contributed by atoms with van der Waals surface area (Å²) in [5, 5.41) is 3.42. The molecule has 1 atom stereocenters. The van der Waals surface area contributed by atoms with Crippen LogP contribution in [0.4, 0.5) is 5.82 Å². The van der Waals surface area contributed by atoms with Gasteiger partial charge in [-0.3, -0.25) is 0 Å². The summed E-state index contributed by atoms with van der Waals surface area (Å²) in [7, 11) is -2.89. The first-order valence-corrected chi connectivity index (χ1v) is 9.15. The highest BCUT2D eigenvalue weighted by atomic mass is 32.2. The van der Waals surface area contributed by atoms with Crippen molar-refractivity contribution in [1.82, 2.24) is 10.3 Å². The third kappa shape index (κ3) is 4.68. The van der Waals surface area contributed by atoms with Gasteiger partial charge in [-0.15, -0.1) is 0 Å². The molecule has 2 heterocycles. The Morgan fingerprint density at radius 3 is 2.62 bits per heavy atom. The zero-order valence-electron chi connectivity index (χ0n) is 13.3. The number of rotatable bonds is 3. The second kappa shape index (κ2) is 5.93. The number of aromatic nitrogens is 1. The van der Waals surface area contributed by atoms with Crippen LogP contribution in [0.5, 0.6) is 0 Å². The number of hydrogen-bond acceptors (Lipinski definition) is 5. The Labute approximate surface area is 127 Å². The lowest BCUT2D eigenvalue weighted by atomic mass is 10.1. The second-order valence-electron chi connectivity index (χ2n) is 6.78. The predicted octanol–water partition coefficient (Wildman–Crippen LogP) is 1.59. The molecule has 0 aliphatic carbocycles. The van der Waals surface area contributed by atoms with Gasteiger partial charge >= 0.3 is 0 Å². The van der Waals surface area contributed by atoms with Gasteiger partial charge in [0.25, 0.3) is 0 Å². The zero-order chi connectivity index (χ0) is 15.7. The fourth-order valence-electron chi connectivity index (χ4n) is 2.40. The minimum Gasteiger partial charge on any atom is -0.352 e. The van der Waals surface area contributed by atoms with Gasteiger partial charge in [-0.1, -0.05) is 6.07 Å². The standard InChI is InChI=1S/C15H25N3O2S/c1-12-11-21(19,20)8-7-18(12)14-6-5-13(9-16-14)10-17-15(2,3)4/h5-6,9,12,17H,7-8,10-11H2,1-4H3. The molecule has 0 spiro atoms. The van der Waals surface area contributed by atoms with Gasteiger partial charge in [-0.2, -0.15) is 0 Å². The Morgan fingerprint density at radius 1 is 1.38 bits per heavy atom. The van der Waals surface area contributed by atoms with Gasteiger partial charge in [0.15, 0.2) is 9.84 Å². The maximum atomic E-state index is 11.6. The van der Waals surface area contributed by atoms with Crippen molar-refractivity contribution in [3.63, 3.8) is 0 Å². The van der Waals surface area contributed by atoms with E-state index in [1.807, 2.05) is 19.2 Å². The van der Waals surface area contributed by atoms with E-state index in [1.54, 1.807) is 0 Å². The van der Waals surface area contributed by atoms with E-state index in [2.05, 4.69) is 42.0 Å². The van der Waals surface area contributed by atoms with Crippen molar-refractivity contribution in [2.24, 2.45) is 0 Å². The Hall–Kier alpha value is -1.14. The third-order valence-electron chi connectivity index (χ3n) is 3.60. The molecule has 0 radical (unpaired) electrons. The Kier molecular flexibility index (Phi) is 4.58. The molecule has 1 aromatic heterocycles. The summed E-state index contributed by atoms with van der Waals surface area (Å²) < 4.78 is 23.2. The molecular weight excluding hydrogens is 286 g/mol. The molecule has 1 aromatic rings. The highest BCUT2D eigenvalue weighted by Crippen LogP contribution is 2.19. The fraction of sp³-hybridized carbons (Fsp3) is 0.667. The maximum absolute atomic E-state index is 11.6. The molecule has 0 amide bonds. The van der Waals surface area contributed by atoms with E-state index in [0.717, 1.165) is 17.9 Å².